The van der Waals surface area contributed by atoms with Crippen molar-refractivity contribution < 1.29 is 4.42 Å². The lowest BCUT2D eigenvalue weighted by atomic mass is 10.2. The van der Waals surface area contributed by atoms with E-state index in [2.05, 4.69) is 15.9 Å². The SMILES string of the molecule is O=c1ccc2c(Br)cc(Cl)cc2o1. The van der Waals surface area contributed by atoms with Gasteiger partial charge in [-0.05, 0) is 28.1 Å². The van der Waals surface area contributed by atoms with E-state index in [9.17, 15) is 4.79 Å². The third-order valence-electron chi connectivity index (χ3n) is 1.65. The van der Waals surface area contributed by atoms with E-state index in [4.69, 9.17) is 16.0 Å². The van der Waals surface area contributed by atoms with Gasteiger partial charge in [-0.15, -0.1) is 0 Å². The Morgan fingerprint density at radius 1 is 1.31 bits per heavy atom. The van der Waals surface area contributed by atoms with E-state index in [0.29, 0.717) is 10.6 Å². The van der Waals surface area contributed by atoms with Gasteiger partial charge in [-0.1, -0.05) is 11.6 Å². The Balaban J connectivity index is 2.94. The first-order valence-corrected chi connectivity index (χ1v) is 4.73. The second kappa shape index (κ2) is 3.16. The van der Waals surface area contributed by atoms with Crippen LogP contribution in [0, 0.1) is 0 Å². The maximum atomic E-state index is 10.9. The van der Waals surface area contributed by atoms with Crippen LogP contribution in [0.5, 0.6) is 0 Å². The van der Waals surface area contributed by atoms with Crippen LogP contribution in [-0.4, -0.2) is 0 Å². The summed E-state index contributed by atoms with van der Waals surface area (Å²) in [5.41, 5.74) is 0.119. The Morgan fingerprint density at radius 2 is 2.08 bits per heavy atom. The van der Waals surface area contributed by atoms with E-state index in [0.717, 1.165) is 9.86 Å². The van der Waals surface area contributed by atoms with Crippen LogP contribution in [0.25, 0.3) is 11.0 Å². The quantitative estimate of drug-likeness (QED) is 0.680. The molecule has 0 saturated heterocycles. The third-order valence-corrected chi connectivity index (χ3v) is 2.53. The van der Waals surface area contributed by atoms with Gasteiger partial charge in [-0.25, -0.2) is 4.79 Å². The Labute approximate surface area is 87.3 Å². The molecule has 13 heavy (non-hydrogen) atoms. The Kier molecular flexibility index (Phi) is 2.14. The van der Waals surface area contributed by atoms with Crippen molar-refractivity contribution in [3.63, 3.8) is 0 Å². The molecule has 0 amide bonds. The molecule has 0 aliphatic carbocycles. The van der Waals surface area contributed by atoms with Crippen LogP contribution in [0.4, 0.5) is 0 Å². The molecule has 66 valence electrons. The molecule has 0 aliphatic heterocycles. The Morgan fingerprint density at radius 3 is 2.85 bits per heavy atom. The standard InChI is InChI=1S/C9H4BrClO2/c10-7-3-5(11)4-8-6(7)1-2-9(12)13-8/h1-4H. The van der Waals surface area contributed by atoms with Crippen molar-refractivity contribution >= 4 is 38.5 Å². The van der Waals surface area contributed by atoms with Crippen LogP contribution >= 0.6 is 27.5 Å². The highest BCUT2D eigenvalue weighted by atomic mass is 79.9. The minimum absolute atomic E-state index is 0.373. The molecule has 2 nitrogen and oxygen atoms in total. The fourth-order valence-electron chi connectivity index (χ4n) is 1.10. The molecule has 0 saturated carbocycles. The molecule has 4 heteroatoms. The van der Waals surface area contributed by atoms with Gasteiger partial charge in [-0.3, -0.25) is 0 Å². The van der Waals surface area contributed by atoms with Gasteiger partial charge in [0.2, 0.25) is 0 Å². The van der Waals surface area contributed by atoms with Gasteiger partial charge in [0.05, 0.1) is 0 Å². The average Bonchev–Trinajstić information content (AvgIpc) is 2.02. The zero-order valence-electron chi connectivity index (χ0n) is 6.38. The van der Waals surface area contributed by atoms with Crippen molar-refractivity contribution in [1.29, 1.82) is 0 Å². The van der Waals surface area contributed by atoms with Crippen LogP contribution in [-0.2, 0) is 0 Å². The summed E-state index contributed by atoms with van der Waals surface area (Å²) in [6, 6.07) is 6.44. The lowest BCUT2D eigenvalue weighted by Gasteiger charge is -1.98. The molecule has 1 aromatic heterocycles. The molecule has 0 unspecified atom stereocenters. The minimum Gasteiger partial charge on any atom is -0.423 e. The lowest BCUT2D eigenvalue weighted by Crippen LogP contribution is -1.94. The molecule has 2 rings (SSSR count). The molecule has 0 fully saturated rings. The number of hydrogen-bond donors (Lipinski definition) is 0. The summed E-state index contributed by atoms with van der Waals surface area (Å²) in [6.07, 6.45) is 0. The van der Waals surface area contributed by atoms with Gasteiger partial charge in [0.15, 0.2) is 0 Å². The number of rotatable bonds is 0. The summed E-state index contributed by atoms with van der Waals surface area (Å²) in [4.78, 5) is 10.9. The highest BCUT2D eigenvalue weighted by molar-refractivity contribution is 9.10. The molecule has 2 aromatic rings. The van der Waals surface area contributed by atoms with E-state index < -0.39 is 0 Å². The highest BCUT2D eigenvalue weighted by Crippen LogP contribution is 2.26. The van der Waals surface area contributed by atoms with Gasteiger partial charge < -0.3 is 4.42 Å². The summed E-state index contributed by atoms with van der Waals surface area (Å²) in [5, 5.41) is 1.37. The molecule has 1 heterocycles. The fourth-order valence-corrected chi connectivity index (χ4v) is 2.02. The van der Waals surface area contributed by atoms with E-state index in [1.165, 1.54) is 6.07 Å². The second-order valence-electron chi connectivity index (χ2n) is 2.55. The van der Waals surface area contributed by atoms with Crippen molar-refractivity contribution in [3.05, 3.63) is 44.2 Å². The monoisotopic (exact) mass is 258 g/mol. The van der Waals surface area contributed by atoms with Gasteiger partial charge in [-0.2, -0.15) is 0 Å². The molecule has 0 spiro atoms. The molecule has 1 aromatic carbocycles. The number of benzene rings is 1. The first-order valence-electron chi connectivity index (χ1n) is 3.56. The number of halogens is 2. The largest absolute Gasteiger partial charge is 0.423 e. The Bertz CT molecular complexity index is 518. The first-order chi connectivity index (χ1) is 6.16. The normalized spacial score (nSPS) is 10.6. The molecule has 0 aliphatic rings. The zero-order valence-corrected chi connectivity index (χ0v) is 8.72. The van der Waals surface area contributed by atoms with Crippen molar-refractivity contribution in [2.24, 2.45) is 0 Å². The summed E-state index contributed by atoms with van der Waals surface area (Å²) >= 11 is 9.11. The van der Waals surface area contributed by atoms with Gasteiger partial charge in [0.25, 0.3) is 0 Å². The maximum Gasteiger partial charge on any atom is 0.336 e. The van der Waals surface area contributed by atoms with Crippen molar-refractivity contribution in [3.8, 4) is 0 Å². The maximum absolute atomic E-state index is 10.9. The molecular weight excluding hydrogens is 255 g/mol. The van der Waals surface area contributed by atoms with E-state index in [-0.39, 0.29) is 5.63 Å². The zero-order chi connectivity index (χ0) is 9.42. The van der Waals surface area contributed by atoms with E-state index in [1.54, 1.807) is 18.2 Å². The first kappa shape index (κ1) is 8.78. The summed E-state index contributed by atoms with van der Waals surface area (Å²) in [5.74, 6) is 0. The average molecular weight is 259 g/mol. The smallest absolute Gasteiger partial charge is 0.336 e. The molecule has 0 radical (unpaired) electrons. The predicted molar refractivity (Wildman–Crippen MR) is 55.2 cm³/mol. The van der Waals surface area contributed by atoms with Gasteiger partial charge in [0, 0.05) is 27.0 Å². The molecule has 0 N–H and O–H groups in total. The van der Waals surface area contributed by atoms with Crippen LogP contribution in [0.3, 0.4) is 0 Å². The predicted octanol–water partition coefficient (Wildman–Crippen LogP) is 3.21. The second-order valence-corrected chi connectivity index (χ2v) is 3.84. The highest BCUT2D eigenvalue weighted by Gasteiger charge is 2.02. The van der Waals surface area contributed by atoms with Crippen molar-refractivity contribution in [2.45, 2.75) is 0 Å². The van der Waals surface area contributed by atoms with Crippen LogP contribution < -0.4 is 5.63 Å². The van der Waals surface area contributed by atoms with Crippen LogP contribution in [0.15, 0.2) is 37.9 Å². The molecular formula is C9H4BrClO2. The van der Waals surface area contributed by atoms with Gasteiger partial charge in [0.1, 0.15) is 5.58 Å². The van der Waals surface area contributed by atoms with E-state index >= 15 is 0 Å². The van der Waals surface area contributed by atoms with Gasteiger partial charge >= 0.3 is 5.63 Å². The van der Waals surface area contributed by atoms with Crippen molar-refractivity contribution in [2.75, 3.05) is 0 Å². The Hall–Kier alpha value is -0.800. The molecule has 0 bridgehead atoms. The summed E-state index contributed by atoms with van der Waals surface area (Å²) in [6.45, 7) is 0. The number of fused-ring (bicyclic) bond motifs is 1. The summed E-state index contributed by atoms with van der Waals surface area (Å²) in [7, 11) is 0. The fraction of sp³-hybridized carbons (Fsp3) is 0. The third kappa shape index (κ3) is 1.62. The topological polar surface area (TPSA) is 30.2 Å². The van der Waals surface area contributed by atoms with E-state index in [1.807, 2.05) is 0 Å². The lowest BCUT2D eigenvalue weighted by molar-refractivity contribution is 0.561. The van der Waals surface area contributed by atoms with Crippen molar-refractivity contribution in [1.82, 2.24) is 0 Å². The molecule has 0 atom stereocenters. The summed E-state index contributed by atoms with van der Waals surface area (Å²) < 4.78 is 5.77. The minimum atomic E-state index is -0.373. The van der Waals surface area contributed by atoms with Crippen LogP contribution in [0.1, 0.15) is 0 Å². The number of hydrogen-bond acceptors (Lipinski definition) is 2. The van der Waals surface area contributed by atoms with Crippen LogP contribution in [0.2, 0.25) is 5.02 Å².